The highest BCUT2D eigenvalue weighted by atomic mass is 79.9. The van der Waals surface area contributed by atoms with Gasteiger partial charge in [0.15, 0.2) is 0 Å². The van der Waals surface area contributed by atoms with Gasteiger partial charge in [-0.3, -0.25) is 4.79 Å². The van der Waals surface area contributed by atoms with E-state index in [0.29, 0.717) is 11.3 Å². The van der Waals surface area contributed by atoms with Gasteiger partial charge >= 0.3 is 0 Å². The van der Waals surface area contributed by atoms with Crippen LogP contribution in [0.25, 0.3) is 11.3 Å². The second kappa shape index (κ2) is 7.20. The quantitative estimate of drug-likeness (QED) is 0.662. The molecule has 0 unspecified atom stereocenters. The maximum Gasteiger partial charge on any atom is 0.266 e. The molecule has 0 amide bonds. The molecule has 130 valence electrons. The van der Waals surface area contributed by atoms with Crippen LogP contribution >= 0.6 is 27.3 Å². The van der Waals surface area contributed by atoms with Gasteiger partial charge in [0.05, 0.1) is 5.69 Å². The first-order valence-electron chi connectivity index (χ1n) is 7.22. The fourth-order valence-electron chi connectivity index (χ4n) is 2.14. The third-order valence-corrected chi connectivity index (χ3v) is 6.79. The SMILES string of the molecule is Cn1nc(-c2csc(S(=O)(=O)NCc3cccc(Br)c3)c2)ccc1=O. The third kappa shape index (κ3) is 4.24. The zero-order valence-corrected chi connectivity index (χ0v) is 16.4. The molecule has 0 atom stereocenters. The van der Waals surface area contributed by atoms with Crippen molar-refractivity contribution in [3.8, 4) is 11.3 Å². The summed E-state index contributed by atoms with van der Waals surface area (Å²) in [6, 6.07) is 12.0. The molecule has 2 heterocycles. The topological polar surface area (TPSA) is 81.1 Å². The summed E-state index contributed by atoms with van der Waals surface area (Å²) < 4.78 is 29.8. The Balaban J connectivity index is 1.80. The van der Waals surface area contributed by atoms with Gasteiger partial charge < -0.3 is 0 Å². The first-order valence-corrected chi connectivity index (χ1v) is 10.4. The molecule has 1 N–H and O–H groups in total. The Labute approximate surface area is 157 Å². The molecule has 0 aliphatic carbocycles. The number of sulfonamides is 1. The van der Waals surface area contributed by atoms with E-state index < -0.39 is 10.0 Å². The first-order chi connectivity index (χ1) is 11.8. The lowest BCUT2D eigenvalue weighted by atomic mass is 10.2. The Morgan fingerprint density at radius 2 is 2.04 bits per heavy atom. The number of nitrogens with zero attached hydrogens (tertiary/aromatic N) is 2. The van der Waals surface area contributed by atoms with Crippen molar-refractivity contribution in [1.29, 1.82) is 0 Å². The van der Waals surface area contributed by atoms with Gasteiger partial charge in [-0.25, -0.2) is 17.8 Å². The van der Waals surface area contributed by atoms with E-state index in [1.165, 1.54) is 10.7 Å². The van der Waals surface area contributed by atoms with Crippen LogP contribution in [-0.2, 0) is 23.6 Å². The van der Waals surface area contributed by atoms with E-state index in [9.17, 15) is 13.2 Å². The number of aryl methyl sites for hydroxylation is 1. The van der Waals surface area contributed by atoms with Gasteiger partial charge in [0.25, 0.3) is 5.56 Å². The molecular formula is C16H14BrN3O3S2. The van der Waals surface area contributed by atoms with Crippen molar-refractivity contribution in [2.75, 3.05) is 0 Å². The van der Waals surface area contributed by atoms with E-state index >= 15 is 0 Å². The highest BCUT2D eigenvalue weighted by Gasteiger charge is 2.17. The average molecular weight is 440 g/mol. The monoisotopic (exact) mass is 439 g/mol. The van der Waals surface area contributed by atoms with Gasteiger partial charge in [-0.2, -0.15) is 5.10 Å². The van der Waals surface area contributed by atoms with Crippen LogP contribution in [0, 0.1) is 0 Å². The van der Waals surface area contributed by atoms with E-state index in [1.54, 1.807) is 24.6 Å². The smallest absolute Gasteiger partial charge is 0.266 e. The second-order valence-electron chi connectivity index (χ2n) is 5.29. The summed E-state index contributed by atoms with van der Waals surface area (Å²) in [6.07, 6.45) is 0. The molecule has 0 aliphatic rings. The van der Waals surface area contributed by atoms with Crippen molar-refractivity contribution < 1.29 is 8.42 Å². The van der Waals surface area contributed by atoms with Crippen LogP contribution < -0.4 is 10.3 Å². The van der Waals surface area contributed by atoms with E-state index in [2.05, 4.69) is 25.8 Å². The molecular weight excluding hydrogens is 426 g/mol. The predicted octanol–water partition coefficient (Wildman–Crippen LogP) is 2.75. The van der Waals surface area contributed by atoms with Crippen LogP contribution in [-0.4, -0.2) is 18.2 Å². The van der Waals surface area contributed by atoms with Crippen molar-refractivity contribution in [3.63, 3.8) is 0 Å². The molecule has 6 nitrogen and oxygen atoms in total. The molecule has 0 saturated heterocycles. The minimum atomic E-state index is -3.62. The number of benzene rings is 1. The van der Waals surface area contributed by atoms with Crippen molar-refractivity contribution in [2.24, 2.45) is 7.05 Å². The average Bonchev–Trinajstić information content (AvgIpc) is 3.07. The third-order valence-electron chi connectivity index (χ3n) is 3.45. The highest BCUT2D eigenvalue weighted by Crippen LogP contribution is 2.27. The Morgan fingerprint density at radius 3 is 2.76 bits per heavy atom. The molecule has 0 bridgehead atoms. The van der Waals surface area contributed by atoms with Gasteiger partial charge in [-0.15, -0.1) is 11.3 Å². The van der Waals surface area contributed by atoms with Crippen molar-refractivity contribution in [1.82, 2.24) is 14.5 Å². The zero-order chi connectivity index (χ0) is 18.0. The van der Waals surface area contributed by atoms with Crippen LogP contribution in [0.5, 0.6) is 0 Å². The van der Waals surface area contributed by atoms with Crippen LogP contribution in [0.15, 0.2) is 61.3 Å². The zero-order valence-electron chi connectivity index (χ0n) is 13.1. The highest BCUT2D eigenvalue weighted by molar-refractivity contribution is 9.10. The molecule has 0 saturated carbocycles. The maximum atomic E-state index is 12.5. The number of halogens is 1. The summed E-state index contributed by atoms with van der Waals surface area (Å²) in [7, 11) is -2.07. The number of hydrogen-bond donors (Lipinski definition) is 1. The van der Waals surface area contributed by atoms with Crippen LogP contribution in [0.1, 0.15) is 5.56 Å². The largest absolute Gasteiger partial charge is 0.268 e. The fraction of sp³-hybridized carbons (Fsp3) is 0.125. The van der Waals surface area contributed by atoms with Gasteiger partial charge in [-0.05, 0) is 29.8 Å². The van der Waals surface area contributed by atoms with Crippen LogP contribution in [0.3, 0.4) is 0 Å². The second-order valence-corrected chi connectivity index (χ2v) is 9.11. The van der Waals surface area contributed by atoms with Crippen LogP contribution in [0.2, 0.25) is 0 Å². The number of rotatable bonds is 5. The summed E-state index contributed by atoms with van der Waals surface area (Å²) in [5.74, 6) is 0. The Morgan fingerprint density at radius 1 is 1.24 bits per heavy atom. The Hall–Kier alpha value is -1.81. The summed E-state index contributed by atoms with van der Waals surface area (Å²) in [5.41, 5.74) is 1.84. The Bertz CT molecular complexity index is 1070. The van der Waals surface area contributed by atoms with Gasteiger partial charge in [-0.1, -0.05) is 28.1 Å². The number of hydrogen-bond acceptors (Lipinski definition) is 5. The van der Waals surface area contributed by atoms with Crippen molar-refractivity contribution in [2.45, 2.75) is 10.8 Å². The van der Waals surface area contributed by atoms with E-state index in [-0.39, 0.29) is 16.3 Å². The molecule has 0 radical (unpaired) electrons. The minimum Gasteiger partial charge on any atom is -0.268 e. The van der Waals surface area contributed by atoms with Gasteiger partial charge in [0.2, 0.25) is 10.0 Å². The lowest BCUT2D eigenvalue weighted by Crippen LogP contribution is -2.22. The minimum absolute atomic E-state index is 0.201. The summed E-state index contributed by atoms with van der Waals surface area (Å²) in [4.78, 5) is 11.4. The predicted molar refractivity (Wildman–Crippen MR) is 101 cm³/mol. The first kappa shape index (κ1) is 18.0. The normalized spacial score (nSPS) is 11.6. The summed E-state index contributed by atoms with van der Waals surface area (Å²) in [6.45, 7) is 0.201. The number of thiophene rings is 1. The fourth-order valence-corrected chi connectivity index (χ4v) is 4.83. The van der Waals surface area contributed by atoms with Crippen molar-refractivity contribution in [3.05, 3.63) is 68.2 Å². The lowest BCUT2D eigenvalue weighted by Gasteiger charge is -2.05. The molecule has 1 aromatic carbocycles. The maximum absolute atomic E-state index is 12.5. The Kier molecular flexibility index (Phi) is 5.19. The van der Waals surface area contributed by atoms with E-state index in [1.807, 2.05) is 24.3 Å². The lowest BCUT2D eigenvalue weighted by molar-refractivity contribution is 0.583. The van der Waals surface area contributed by atoms with Gasteiger partial charge in [0, 0.05) is 35.1 Å². The molecule has 0 aliphatic heterocycles. The van der Waals surface area contributed by atoms with E-state index in [0.717, 1.165) is 21.4 Å². The molecule has 3 aromatic rings. The van der Waals surface area contributed by atoms with Crippen LogP contribution in [0.4, 0.5) is 0 Å². The summed E-state index contributed by atoms with van der Waals surface area (Å²) in [5, 5.41) is 5.84. The number of aromatic nitrogens is 2. The standard InChI is InChI=1S/C16H14BrN3O3S2/c1-20-15(21)6-5-14(19-20)12-8-16(24-10-12)25(22,23)18-9-11-3-2-4-13(17)7-11/h2-8,10,18H,9H2,1H3. The van der Waals surface area contributed by atoms with Crippen molar-refractivity contribution >= 4 is 37.3 Å². The molecule has 0 fully saturated rings. The molecule has 3 rings (SSSR count). The summed E-state index contributed by atoms with van der Waals surface area (Å²) >= 11 is 4.47. The molecule has 9 heteroatoms. The molecule has 25 heavy (non-hydrogen) atoms. The molecule has 0 spiro atoms. The number of nitrogens with one attached hydrogen (secondary N) is 1. The van der Waals surface area contributed by atoms with Gasteiger partial charge in [0.1, 0.15) is 4.21 Å². The van der Waals surface area contributed by atoms with E-state index in [4.69, 9.17) is 0 Å². The molecule has 2 aromatic heterocycles.